The molecule has 0 spiro atoms. The van der Waals surface area contributed by atoms with Crippen molar-refractivity contribution in [3.63, 3.8) is 0 Å². The smallest absolute Gasteiger partial charge is 0.0708 e. The molecular formula is C13H23NO. The average Bonchev–Trinajstić information content (AvgIpc) is 2.53. The average molecular weight is 209 g/mol. The Morgan fingerprint density at radius 1 is 1.60 bits per heavy atom. The maximum absolute atomic E-state index is 5.89. The molecule has 1 saturated heterocycles. The molecule has 86 valence electrons. The third-order valence-electron chi connectivity index (χ3n) is 2.92. The van der Waals surface area contributed by atoms with Crippen LogP contribution in [0.1, 0.15) is 46.5 Å². The molecule has 1 fully saturated rings. The molecular weight excluding hydrogens is 186 g/mol. The highest BCUT2D eigenvalue weighted by Gasteiger charge is 2.31. The van der Waals surface area contributed by atoms with Gasteiger partial charge in [-0.2, -0.15) is 0 Å². The summed E-state index contributed by atoms with van der Waals surface area (Å²) in [5, 5.41) is 3.39. The van der Waals surface area contributed by atoms with E-state index in [-0.39, 0.29) is 11.6 Å². The van der Waals surface area contributed by atoms with Crippen molar-refractivity contribution in [2.45, 2.75) is 64.2 Å². The molecule has 1 aliphatic rings. The number of hydrogen-bond donors (Lipinski definition) is 1. The van der Waals surface area contributed by atoms with Crippen molar-refractivity contribution in [2.24, 2.45) is 0 Å². The van der Waals surface area contributed by atoms with Gasteiger partial charge in [-0.05, 0) is 33.1 Å². The molecule has 2 unspecified atom stereocenters. The van der Waals surface area contributed by atoms with E-state index in [1.165, 1.54) is 0 Å². The molecule has 2 heteroatoms. The molecule has 0 bridgehead atoms. The van der Waals surface area contributed by atoms with Crippen LogP contribution in [0, 0.1) is 12.3 Å². The number of rotatable bonds is 5. The number of hydrogen-bond acceptors (Lipinski definition) is 2. The number of terminal acetylenes is 1. The molecule has 0 aliphatic carbocycles. The normalized spacial score (nSPS) is 26.1. The third kappa shape index (κ3) is 4.24. The fraction of sp³-hybridized carbons (Fsp3) is 0.846. The zero-order valence-electron chi connectivity index (χ0n) is 10.2. The summed E-state index contributed by atoms with van der Waals surface area (Å²) in [7, 11) is 0. The predicted molar refractivity (Wildman–Crippen MR) is 63.7 cm³/mol. The summed E-state index contributed by atoms with van der Waals surface area (Å²) in [5.41, 5.74) is 0.0583. The van der Waals surface area contributed by atoms with Crippen LogP contribution in [0.2, 0.25) is 0 Å². The molecule has 1 aliphatic heterocycles. The highest BCUT2D eigenvalue weighted by Crippen LogP contribution is 2.28. The van der Waals surface area contributed by atoms with E-state index in [9.17, 15) is 0 Å². The molecule has 1 heterocycles. The van der Waals surface area contributed by atoms with Crippen LogP contribution in [-0.4, -0.2) is 24.3 Å². The van der Waals surface area contributed by atoms with E-state index in [4.69, 9.17) is 11.2 Å². The Labute approximate surface area is 93.8 Å². The lowest BCUT2D eigenvalue weighted by molar-refractivity contribution is -0.0147. The topological polar surface area (TPSA) is 21.3 Å². The molecule has 2 atom stereocenters. The first-order chi connectivity index (χ1) is 7.07. The molecule has 2 nitrogen and oxygen atoms in total. The van der Waals surface area contributed by atoms with E-state index in [1.807, 2.05) is 0 Å². The van der Waals surface area contributed by atoms with Gasteiger partial charge >= 0.3 is 0 Å². The minimum atomic E-state index is 0.0583. The Bertz CT molecular complexity index is 229. The first-order valence-corrected chi connectivity index (χ1v) is 5.94. The van der Waals surface area contributed by atoms with E-state index in [2.05, 4.69) is 32.0 Å². The van der Waals surface area contributed by atoms with Crippen molar-refractivity contribution in [3.8, 4) is 12.3 Å². The van der Waals surface area contributed by atoms with Crippen molar-refractivity contribution >= 4 is 0 Å². The lowest BCUT2D eigenvalue weighted by Crippen LogP contribution is -2.35. The van der Waals surface area contributed by atoms with Gasteiger partial charge in [-0.15, -0.1) is 6.42 Å². The van der Waals surface area contributed by atoms with Gasteiger partial charge in [-0.1, -0.05) is 19.3 Å². The second-order valence-electron chi connectivity index (χ2n) is 4.95. The minimum Gasteiger partial charge on any atom is -0.371 e. The summed E-state index contributed by atoms with van der Waals surface area (Å²) in [4.78, 5) is 0. The van der Waals surface area contributed by atoms with Gasteiger partial charge < -0.3 is 10.1 Å². The Hall–Kier alpha value is -0.520. The van der Waals surface area contributed by atoms with E-state index in [1.54, 1.807) is 0 Å². The standard InChI is InChI=1S/C13H23NO/c1-5-7-11(6-2)14-10-12-8-9-13(3,4)15-12/h2,11-12,14H,5,7-10H2,1,3-4H3. The molecule has 0 saturated carbocycles. The zero-order valence-corrected chi connectivity index (χ0v) is 10.2. The summed E-state index contributed by atoms with van der Waals surface area (Å²) < 4.78 is 5.89. The van der Waals surface area contributed by atoms with Crippen LogP contribution in [0.5, 0.6) is 0 Å². The van der Waals surface area contributed by atoms with Crippen molar-refractivity contribution in [1.29, 1.82) is 0 Å². The predicted octanol–water partition coefficient (Wildman–Crippen LogP) is 2.34. The molecule has 1 N–H and O–H groups in total. The van der Waals surface area contributed by atoms with E-state index in [0.29, 0.717) is 6.10 Å². The SMILES string of the molecule is C#CC(CCC)NCC1CCC(C)(C)O1. The second kappa shape index (κ2) is 5.53. The number of ether oxygens (including phenoxy) is 1. The quantitative estimate of drug-likeness (QED) is 0.702. The van der Waals surface area contributed by atoms with Gasteiger partial charge in [0, 0.05) is 6.54 Å². The summed E-state index contributed by atoms with van der Waals surface area (Å²) in [6.45, 7) is 7.34. The fourth-order valence-electron chi connectivity index (χ4n) is 2.03. The van der Waals surface area contributed by atoms with Crippen LogP contribution >= 0.6 is 0 Å². The molecule has 0 amide bonds. The second-order valence-corrected chi connectivity index (χ2v) is 4.95. The zero-order chi connectivity index (χ0) is 11.3. The van der Waals surface area contributed by atoms with Gasteiger partial charge in [0.05, 0.1) is 17.7 Å². The Morgan fingerprint density at radius 2 is 2.33 bits per heavy atom. The van der Waals surface area contributed by atoms with Crippen molar-refractivity contribution in [2.75, 3.05) is 6.54 Å². The summed E-state index contributed by atoms with van der Waals surface area (Å²) in [6.07, 6.45) is 10.2. The largest absolute Gasteiger partial charge is 0.371 e. The van der Waals surface area contributed by atoms with Crippen molar-refractivity contribution in [1.82, 2.24) is 5.32 Å². The van der Waals surface area contributed by atoms with Gasteiger partial charge in [-0.25, -0.2) is 0 Å². The fourth-order valence-corrected chi connectivity index (χ4v) is 2.03. The van der Waals surface area contributed by atoms with E-state index < -0.39 is 0 Å². The van der Waals surface area contributed by atoms with Gasteiger partial charge in [-0.3, -0.25) is 0 Å². The Balaban J connectivity index is 2.23. The summed E-state index contributed by atoms with van der Waals surface area (Å²) >= 11 is 0. The van der Waals surface area contributed by atoms with E-state index in [0.717, 1.165) is 32.2 Å². The Morgan fingerprint density at radius 3 is 2.80 bits per heavy atom. The first kappa shape index (κ1) is 12.5. The van der Waals surface area contributed by atoms with Crippen LogP contribution in [-0.2, 0) is 4.74 Å². The monoisotopic (exact) mass is 209 g/mol. The van der Waals surface area contributed by atoms with Crippen LogP contribution < -0.4 is 5.32 Å². The van der Waals surface area contributed by atoms with E-state index >= 15 is 0 Å². The van der Waals surface area contributed by atoms with Crippen LogP contribution in [0.25, 0.3) is 0 Å². The molecule has 0 aromatic rings. The molecule has 0 aromatic heterocycles. The van der Waals surface area contributed by atoms with Crippen LogP contribution in [0.15, 0.2) is 0 Å². The summed E-state index contributed by atoms with van der Waals surface area (Å²) in [6, 6.07) is 0.210. The first-order valence-electron chi connectivity index (χ1n) is 5.94. The van der Waals surface area contributed by atoms with Gasteiger partial charge in [0.1, 0.15) is 0 Å². The maximum Gasteiger partial charge on any atom is 0.0708 e. The van der Waals surface area contributed by atoms with Gasteiger partial charge in [0.25, 0.3) is 0 Å². The Kier molecular flexibility index (Phi) is 4.63. The lowest BCUT2D eigenvalue weighted by atomic mass is 10.1. The number of nitrogens with one attached hydrogen (secondary N) is 1. The van der Waals surface area contributed by atoms with Gasteiger partial charge in [0.2, 0.25) is 0 Å². The molecule has 1 rings (SSSR count). The molecule has 15 heavy (non-hydrogen) atoms. The minimum absolute atomic E-state index is 0.0583. The molecule has 0 aromatic carbocycles. The highest BCUT2D eigenvalue weighted by atomic mass is 16.5. The van der Waals surface area contributed by atoms with Crippen LogP contribution in [0.4, 0.5) is 0 Å². The molecule has 0 radical (unpaired) electrons. The highest BCUT2D eigenvalue weighted by molar-refractivity contribution is 4.99. The van der Waals surface area contributed by atoms with Crippen LogP contribution in [0.3, 0.4) is 0 Å². The van der Waals surface area contributed by atoms with Gasteiger partial charge in [0.15, 0.2) is 0 Å². The lowest BCUT2D eigenvalue weighted by Gasteiger charge is -2.20. The van der Waals surface area contributed by atoms with Crippen molar-refractivity contribution < 1.29 is 4.74 Å². The summed E-state index contributed by atoms with van der Waals surface area (Å²) in [5.74, 6) is 2.78. The third-order valence-corrected chi connectivity index (χ3v) is 2.92. The van der Waals surface area contributed by atoms with Crippen molar-refractivity contribution in [3.05, 3.63) is 0 Å². The maximum atomic E-state index is 5.89.